The molecule has 0 saturated carbocycles. The summed E-state index contributed by atoms with van der Waals surface area (Å²) in [6, 6.07) is 9.96. The maximum absolute atomic E-state index is 12.1. The number of anilines is 1. The average molecular weight is 385 g/mol. The fraction of sp³-hybridized carbons (Fsp3) is 0.222. The number of aromatic nitrogens is 2. The Bertz CT molecular complexity index is 1000. The monoisotopic (exact) mass is 385 g/mol. The van der Waals surface area contributed by atoms with E-state index in [0.717, 1.165) is 0 Å². The number of carbonyl (C=O) groups excluding carboxylic acids is 1. The molecule has 3 aromatic rings. The van der Waals surface area contributed by atoms with E-state index in [-0.39, 0.29) is 24.7 Å². The van der Waals surface area contributed by atoms with Gasteiger partial charge in [0.1, 0.15) is 18.4 Å². The minimum absolute atomic E-state index is 0.0330. The van der Waals surface area contributed by atoms with Crippen LogP contribution < -0.4 is 10.9 Å². The molecule has 4 N–H and O–H groups in total. The Kier molecular flexibility index (Phi) is 6.02. The van der Waals surface area contributed by atoms with Crippen LogP contribution in [0, 0.1) is 0 Å². The van der Waals surface area contributed by atoms with Gasteiger partial charge in [0.05, 0.1) is 18.6 Å². The molecule has 2 aromatic heterocycles. The van der Waals surface area contributed by atoms with Gasteiger partial charge >= 0.3 is 5.97 Å². The molecule has 0 amide bonds. The zero-order valence-electron chi connectivity index (χ0n) is 15.0. The van der Waals surface area contributed by atoms with Crippen molar-refractivity contribution in [2.75, 3.05) is 11.9 Å². The standard InChI is InChI=1S/C18H19N5O5/c1-11(25)27-10-14(15-7-12(8-24)9-28-15)19-17-16(18(26)23-22-17)21-20-13-5-3-2-4-6-13/h2-7,9,14,24H,8,10H2,1H3,(H3,19,22,23,26). The van der Waals surface area contributed by atoms with Crippen LogP contribution in [0.2, 0.25) is 0 Å². The number of nitrogens with one attached hydrogen (secondary N) is 3. The molecular weight excluding hydrogens is 366 g/mol. The first-order valence-corrected chi connectivity index (χ1v) is 8.42. The number of esters is 1. The zero-order valence-corrected chi connectivity index (χ0v) is 15.0. The number of ether oxygens (including phenoxy) is 1. The molecule has 10 heteroatoms. The largest absolute Gasteiger partial charge is 0.467 e. The van der Waals surface area contributed by atoms with E-state index < -0.39 is 17.6 Å². The Morgan fingerprint density at radius 1 is 1.29 bits per heavy atom. The lowest BCUT2D eigenvalue weighted by Crippen LogP contribution is -2.18. The number of aliphatic hydroxyl groups excluding tert-OH is 1. The molecule has 2 heterocycles. The number of azo groups is 1. The van der Waals surface area contributed by atoms with Crippen LogP contribution in [-0.2, 0) is 16.1 Å². The second-order valence-electron chi connectivity index (χ2n) is 5.85. The van der Waals surface area contributed by atoms with Crippen LogP contribution >= 0.6 is 0 Å². The first kappa shape index (κ1) is 19.1. The van der Waals surface area contributed by atoms with Crippen LogP contribution in [0.25, 0.3) is 0 Å². The first-order valence-electron chi connectivity index (χ1n) is 8.42. The van der Waals surface area contributed by atoms with Crippen molar-refractivity contribution in [3.8, 4) is 0 Å². The summed E-state index contributed by atoms with van der Waals surface area (Å²) in [5.74, 6) is 0.203. The van der Waals surface area contributed by atoms with E-state index in [1.54, 1.807) is 30.3 Å². The highest BCUT2D eigenvalue weighted by Crippen LogP contribution is 2.26. The van der Waals surface area contributed by atoms with E-state index in [0.29, 0.717) is 17.0 Å². The smallest absolute Gasteiger partial charge is 0.302 e. The van der Waals surface area contributed by atoms with Gasteiger partial charge in [-0.1, -0.05) is 18.2 Å². The molecule has 1 aromatic carbocycles. The molecule has 1 unspecified atom stereocenters. The first-order chi connectivity index (χ1) is 13.6. The number of rotatable bonds is 8. The summed E-state index contributed by atoms with van der Waals surface area (Å²) in [5, 5.41) is 25.4. The molecular formula is C18H19N5O5. The van der Waals surface area contributed by atoms with Gasteiger partial charge in [0.25, 0.3) is 5.56 Å². The zero-order chi connectivity index (χ0) is 19.9. The van der Waals surface area contributed by atoms with E-state index in [1.807, 2.05) is 6.07 Å². The molecule has 0 aliphatic rings. The second-order valence-corrected chi connectivity index (χ2v) is 5.85. The van der Waals surface area contributed by atoms with Crippen molar-refractivity contribution in [3.63, 3.8) is 0 Å². The van der Waals surface area contributed by atoms with Gasteiger partial charge in [0, 0.05) is 12.5 Å². The molecule has 10 nitrogen and oxygen atoms in total. The lowest BCUT2D eigenvalue weighted by Gasteiger charge is -2.16. The normalized spacial score (nSPS) is 12.2. The van der Waals surface area contributed by atoms with Gasteiger partial charge in [-0.2, -0.15) is 5.11 Å². The summed E-state index contributed by atoms with van der Waals surface area (Å²) in [4.78, 5) is 23.3. The second kappa shape index (κ2) is 8.82. The average Bonchev–Trinajstić information content (AvgIpc) is 3.31. The Morgan fingerprint density at radius 2 is 2.07 bits per heavy atom. The Balaban J connectivity index is 1.85. The quantitative estimate of drug-likeness (QED) is 0.346. The van der Waals surface area contributed by atoms with E-state index in [1.165, 1.54) is 13.2 Å². The molecule has 0 aliphatic heterocycles. The van der Waals surface area contributed by atoms with Crippen molar-refractivity contribution in [1.82, 2.24) is 10.2 Å². The third-order valence-electron chi connectivity index (χ3n) is 3.75. The number of nitrogens with zero attached hydrogens (tertiary/aromatic N) is 2. The van der Waals surface area contributed by atoms with Gasteiger partial charge in [-0.15, -0.1) is 5.11 Å². The van der Waals surface area contributed by atoms with Crippen LogP contribution in [0.3, 0.4) is 0 Å². The maximum atomic E-state index is 12.1. The summed E-state index contributed by atoms with van der Waals surface area (Å²) in [7, 11) is 0. The minimum Gasteiger partial charge on any atom is -0.467 e. The van der Waals surface area contributed by atoms with Crippen LogP contribution in [0.15, 0.2) is 62.1 Å². The number of H-pyrrole nitrogens is 2. The molecule has 28 heavy (non-hydrogen) atoms. The third kappa shape index (κ3) is 4.74. The SMILES string of the molecule is CC(=O)OCC(Nc1[nH][nH]c(=O)c1N=Nc1ccccc1)c1cc(CO)co1. The third-order valence-corrected chi connectivity index (χ3v) is 3.75. The van der Waals surface area contributed by atoms with E-state index in [2.05, 4.69) is 25.7 Å². The van der Waals surface area contributed by atoms with Crippen molar-refractivity contribution < 1.29 is 19.1 Å². The van der Waals surface area contributed by atoms with Crippen LogP contribution in [0.1, 0.15) is 24.3 Å². The van der Waals surface area contributed by atoms with Crippen molar-refractivity contribution in [3.05, 3.63) is 64.3 Å². The number of hydrogen-bond acceptors (Lipinski definition) is 8. The van der Waals surface area contributed by atoms with Gasteiger partial charge in [0.2, 0.25) is 0 Å². The summed E-state index contributed by atoms with van der Waals surface area (Å²) < 4.78 is 10.5. The molecule has 0 aliphatic carbocycles. The fourth-order valence-electron chi connectivity index (χ4n) is 2.38. The summed E-state index contributed by atoms with van der Waals surface area (Å²) in [5.41, 5.74) is 0.717. The predicted molar refractivity (Wildman–Crippen MR) is 99.7 cm³/mol. The summed E-state index contributed by atoms with van der Waals surface area (Å²) in [6.45, 7) is 1.04. The fourth-order valence-corrected chi connectivity index (χ4v) is 2.38. The highest BCUT2D eigenvalue weighted by molar-refractivity contribution is 5.66. The van der Waals surface area contributed by atoms with Gasteiger partial charge in [-0.3, -0.25) is 19.8 Å². The van der Waals surface area contributed by atoms with Gasteiger partial charge in [-0.25, -0.2) is 0 Å². The Morgan fingerprint density at radius 3 is 2.75 bits per heavy atom. The van der Waals surface area contributed by atoms with Gasteiger partial charge in [0.15, 0.2) is 11.5 Å². The summed E-state index contributed by atoms with van der Waals surface area (Å²) in [6.07, 6.45) is 1.40. The minimum atomic E-state index is -0.624. The number of hydrogen-bond donors (Lipinski definition) is 4. The van der Waals surface area contributed by atoms with Crippen LogP contribution in [-0.4, -0.2) is 27.9 Å². The lowest BCUT2D eigenvalue weighted by molar-refractivity contribution is -0.141. The van der Waals surface area contributed by atoms with E-state index >= 15 is 0 Å². The highest BCUT2D eigenvalue weighted by Gasteiger charge is 2.21. The lowest BCUT2D eigenvalue weighted by atomic mass is 10.2. The van der Waals surface area contributed by atoms with Crippen molar-refractivity contribution >= 4 is 23.2 Å². The van der Waals surface area contributed by atoms with Crippen LogP contribution in [0.4, 0.5) is 17.2 Å². The van der Waals surface area contributed by atoms with Crippen molar-refractivity contribution in [1.29, 1.82) is 0 Å². The number of aromatic amines is 2. The topological polar surface area (TPSA) is 145 Å². The van der Waals surface area contributed by atoms with E-state index in [4.69, 9.17) is 9.15 Å². The van der Waals surface area contributed by atoms with Gasteiger partial charge < -0.3 is 19.6 Å². The predicted octanol–water partition coefficient (Wildman–Crippen LogP) is 2.92. The molecule has 0 spiro atoms. The molecule has 146 valence electrons. The molecule has 0 radical (unpaired) electrons. The van der Waals surface area contributed by atoms with Crippen molar-refractivity contribution in [2.45, 2.75) is 19.6 Å². The maximum Gasteiger partial charge on any atom is 0.302 e. The number of carbonyl (C=O) groups is 1. The van der Waals surface area contributed by atoms with Crippen LogP contribution in [0.5, 0.6) is 0 Å². The van der Waals surface area contributed by atoms with Gasteiger partial charge in [-0.05, 0) is 18.2 Å². The Hall–Kier alpha value is -3.66. The van der Waals surface area contributed by atoms with Crippen molar-refractivity contribution in [2.24, 2.45) is 10.2 Å². The molecule has 0 saturated heterocycles. The molecule has 3 rings (SSSR count). The number of aliphatic hydroxyl groups is 1. The molecule has 0 fully saturated rings. The Labute approximate surface area is 159 Å². The number of furan rings is 1. The van der Waals surface area contributed by atoms with E-state index in [9.17, 15) is 14.7 Å². The summed E-state index contributed by atoms with van der Waals surface area (Å²) >= 11 is 0. The molecule has 1 atom stereocenters. The number of benzene rings is 1. The highest BCUT2D eigenvalue weighted by atomic mass is 16.5. The molecule has 0 bridgehead atoms.